The van der Waals surface area contributed by atoms with Crippen molar-refractivity contribution < 1.29 is 9.50 Å². The first-order valence-electron chi connectivity index (χ1n) is 7.67. The SMILES string of the molecule is C=NN/C(=C\CNc1cc2cn[nH]c2cc1C)c1ccc(O)c(F)c1. The molecule has 0 aliphatic carbocycles. The monoisotopic (exact) mass is 339 g/mol. The number of benzene rings is 2. The number of aromatic nitrogens is 2. The van der Waals surface area contributed by atoms with Gasteiger partial charge in [0.1, 0.15) is 0 Å². The zero-order chi connectivity index (χ0) is 17.8. The first kappa shape index (κ1) is 16.5. The van der Waals surface area contributed by atoms with E-state index in [0.717, 1.165) is 22.2 Å². The molecule has 2 aromatic carbocycles. The van der Waals surface area contributed by atoms with Gasteiger partial charge in [-0.1, -0.05) is 0 Å². The van der Waals surface area contributed by atoms with E-state index in [-0.39, 0.29) is 0 Å². The van der Waals surface area contributed by atoms with Crippen molar-refractivity contribution in [3.63, 3.8) is 0 Å². The molecule has 0 bridgehead atoms. The van der Waals surface area contributed by atoms with Crippen LogP contribution in [0.3, 0.4) is 0 Å². The number of halogens is 1. The van der Waals surface area contributed by atoms with Crippen LogP contribution in [0.25, 0.3) is 16.6 Å². The number of nitrogens with one attached hydrogen (secondary N) is 3. The molecule has 25 heavy (non-hydrogen) atoms. The molecule has 0 amide bonds. The number of aromatic hydroxyl groups is 1. The molecule has 4 N–H and O–H groups in total. The molecular weight excluding hydrogens is 321 g/mol. The van der Waals surface area contributed by atoms with Crippen LogP contribution in [0.5, 0.6) is 5.75 Å². The number of rotatable bonds is 6. The lowest BCUT2D eigenvalue weighted by Gasteiger charge is -2.11. The molecule has 128 valence electrons. The number of hydrazone groups is 1. The van der Waals surface area contributed by atoms with Crippen LogP contribution in [-0.4, -0.2) is 28.6 Å². The van der Waals surface area contributed by atoms with Crippen molar-refractivity contribution in [1.29, 1.82) is 0 Å². The molecule has 3 aromatic rings. The summed E-state index contributed by atoms with van der Waals surface area (Å²) in [7, 11) is 0. The first-order valence-corrected chi connectivity index (χ1v) is 7.67. The molecule has 0 unspecified atom stereocenters. The largest absolute Gasteiger partial charge is 0.505 e. The van der Waals surface area contributed by atoms with Gasteiger partial charge in [0.2, 0.25) is 0 Å². The Morgan fingerprint density at radius 1 is 1.40 bits per heavy atom. The Labute approximate surface area is 144 Å². The van der Waals surface area contributed by atoms with E-state index in [9.17, 15) is 9.50 Å². The Bertz CT molecular complexity index is 948. The van der Waals surface area contributed by atoms with E-state index in [1.165, 1.54) is 12.1 Å². The van der Waals surface area contributed by atoms with Gasteiger partial charge >= 0.3 is 0 Å². The van der Waals surface area contributed by atoms with Crippen molar-refractivity contribution in [2.45, 2.75) is 6.92 Å². The van der Waals surface area contributed by atoms with Crippen molar-refractivity contribution >= 4 is 29.0 Å². The van der Waals surface area contributed by atoms with Crippen molar-refractivity contribution in [3.05, 3.63) is 59.5 Å². The van der Waals surface area contributed by atoms with Gasteiger partial charge in [0.05, 0.1) is 17.4 Å². The summed E-state index contributed by atoms with van der Waals surface area (Å²) in [5.74, 6) is -1.08. The number of phenolic OH excluding ortho intramolecular Hbond substituents is 1. The fourth-order valence-electron chi connectivity index (χ4n) is 2.54. The predicted molar refractivity (Wildman–Crippen MR) is 98.0 cm³/mol. The van der Waals surface area contributed by atoms with E-state index in [4.69, 9.17) is 0 Å². The number of fused-ring (bicyclic) bond motifs is 1. The first-order chi connectivity index (χ1) is 12.1. The van der Waals surface area contributed by atoms with E-state index in [2.05, 4.69) is 32.8 Å². The third-order valence-corrected chi connectivity index (χ3v) is 3.84. The normalized spacial score (nSPS) is 11.5. The van der Waals surface area contributed by atoms with Crippen molar-refractivity contribution in [2.75, 3.05) is 11.9 Å². The van der Waals surface area contributed by atoms with Crippen molar-refractivity contribution in [3.8, 4) is 5.75 Å². The third kappa shape index (κ3) is 3.60. The number of phenols is 1. The fraction of sp³-hybridized carbons (Fsp3) is 0.111. The van der Waals surface area contributed by atoms with Gasteiger partial charge in [-0.3, -0.25) is 10.5 Å². The quantitative estimate of drug-likeness (QED) is 0.410. The molecule has 1 heterocycles. The standard InChI is InChI=1S/C18H18FN5O/c1-11-7-17-13(10-22-24-17)9-16(11)21-6-5-15(23-20-2)12-3-4-18(25)14(19)8-12/h3-5,7-10,21,23,25H,2,6H2,1H3,(H,22,24)/b15-5-. The topological polar surface area (TPSA) is 85.3 Å². The third-order valence-electron chi connectivity index (χ3n) is 3.84. The predicted octanol–water partition coefficient (Wildman–Crippen LogP) is 3.37. The molecule has 0 aliphatic rings. The smallest absolute Gasteiger partial charge is 0.165 e. The molecule has 0 fully saturated rings. The second-order valence-electron chi connectivity index (χ2n) is 5.56. The van der Waals surface area contributed by atoms with E-state index >= 15 is 0 Å². The zero-order valence-corrected chi connectivity index (χ0v) is 13.7. The van der Waals surface area contributed by atoms with E-state index in [1.54, 1.807) is 12.3 Å². The molecule has 0 spiro atoms. The van der Waals surface area contributed by atoms with Crippen LogP contribution in [-0.2, 0) is 0 Å². The highest BCUT2D eigenvalue weighted by atomic mass is 19.1. The number of H-pyrrole nitrogens is 1. The molecule has 7 heteroatoms. The second-order valence-corrected chi connectivity index (χ2v) is 5.56. The van der Waals surface area contributed by atoms with Gasteiger partial charge in [-0.25, -0.2) is 4.39 Å². The number of nitrogens with zero attached hydrogens (tertiary/aromatic N) is 2. The summed E-state index contributed by atoms with van der Waals surface area (Å²) in [5, 5.41) is 24.2. The maximum atomic E-state index is 13.6. The maximum absolute atomic E-state index is 13.6. The number of hydrogen-bond acceptors (Lipinski definition) is 5. The van der Waals surface area contributed by atoms with Crippen LogP contribution in [0, 0.1) is 12.7 Å². The number of aromatic amines is 1. The summed E-state index contributed by atoms with van der Waals surface area (Å²) in [6.07, 6.45) is 3.60. The highest BCUT2D eigenvalue weighted by molar-refractivity contribution is 5.83. The van der Waals surface area contributed by atoms with Gasteiger partial charge in [-0.2, -0.15) is 10.2 Å². The number of hydrogen-bond donors (Lipinski definition) is 4. The molecule has 0 atom stereocenters. The van der Waals surface area contributed by atoms with Gasteiger partial charge in [0, 0.05) is 29.9 Å². The lowest BCUT2D eigenvalue weighted by molar-refractivity contribution is 0.432. The molecule has 3 rings (SSSR count). The lowest BCUT2D eigenvalue weighted by atomic mass is 10.1. The summed E-state index contributed by atoms with van der Waals surface area (Å²) in [5.41, 5.74) is 6.93. The van der Waals surface area contributed by atoms with E-state index in [0.29, 0.717) is 17.8 Å². The van der Waals surface area contributed by atoms with Crippen molar-refractivity contribution in [1.82, 2.24) is 15.6 Å². The average Bonchev–Trinajstić information content (AvgIpc) is 3.04. The van der Waals surface area contributed by atoms with Gasteiger partial charge in [-0.15, -0.1) is 0 Å². The van der Waals surface area contributed by atoms with Crippen LogP contribution < -0.4 is 10.7 Å². The van der Waals surface area contributed by atoms with Crippen LogP contribution in [0.15, 0.2) is 47.7 Å². The minimum absolute atomic E-state index is 0.392. The van der Waals surface area contributed by atoms with Gasteiger partial charge in [-0.05, 0) is 48.9 Å². The van der Waals surface area contributed by atoms with Gasteiger partial charge in [0.25, 0.3) is 0 Å². The fourth-order valence-corrected chi connectivity index (χ4v) is 2.54. The zero-order valence-electron chi connectivity index (χ0n) is 13.7. The molecule has 0 saturated carbocycles. The molecule has 1 aromatic heterocycles. The molecule has 6 nitrogen and oxygen atoms in total. The van der Waals surface area contributed by atoms with Crippen LogP contribution in [0.1, 0.15) is 11.1 Å². The summed E-state index contributed by atoms with van der Waals surface area (Å²) < 4.78 is 13.6. The lowest BCUT2D eigenvalue weighted by Crippen LogP contribution is -2.08. The molecule has 0 radical (unpaired) electrons. The minimum Gasteiger partial charge on any atom is -0.505 e. The van der Waals surface area contributed by atoms with E-state index in [1.807, 2.05) is 25.1 Å². The summed E-state index contributed by atoms with van der Waals surface area (Å²) >= 11 is 0. The molecule has 0 aliphatic heterocycles. The number of anilines is 1. The van der Waals surface area contributed by atoms with E-state index < -0.39 is 11.6 Å². The van der Waals surface area contributed by atoms with Crippen LogP contribution in [0.2, 0.25) is 0 Å². The summed E-state index contributed by atoms with van der Waals surface area (Å²) in [6, 6.07) is 8.18. The Morgan fingerprint density at radius 3 is 3.00 bits per heavy atom. The van der Waals surface area contributed by atoms with Crippen LogP contribution in [0.4, 0.5) is 10.1 Å². The van der Waals surface area contributed by atoms with Gasteiger partial charge < -0.3 is 10.4 Å². The number of aryl methyl sites for hydroxylation is 1. The average molecular weight is 339 g/mol. The summed E-state index contributed by atoms with van der Waals surface area (Å²) in [4.78, 5) is 0. The highest BCUT2D eigenvalue weighted by Gasteiger charge is 2.06. The van der Waals surface area contributed by atoms with Crippen LogP contribution >= 0.6 is 0 Å². The Kier molecular flexibility index (Phi) is 4.65. The van der Waals surface area contributed by atoms with Gasteiger partial charge in [0.15, 0.2) is 11.6 Å². The van der Waals surface area contributed by atoms with Crippen molar-refractivity contribution in [2.24, 2.45) is 5.10 Å². The Morgan fingerprint density at radius 2 is 2.24 bits per heavy atom. The second kappa shape index (κ2) is 7.04. The Hall–Kier alpha value is -3.35. The minimum atomic E-state index is -0.691. The Balaban J connectivity index is 1.80. The molecule has 0 saturated heterocycles. The molecular formula is C18H18FN5O. The maximum Gasteiger partial charge on any atom is 0.165 e. The highest BCUT2D eigenvalue weighted by Crippen LogP contribution is 2.23. The summed E-state index contributed by atoms with van der Waals surface area (Å²) in [6.45, 7) is 5.90.